The van der Waals surface area contributed by atoms with Gasteiger partial charge in [0.05, 0.1) is 18.4 Å². The highest BCUT2D eigenvalue weighted by atomic mass is 35.5. The highest BCUT2D eigenvalue weighted by molar-refractivity contribution is 6.35. The van der Waals surface area contributed by atoms with Crippen LogP contribution in [0.15, 0.2) is 34.9 Å². The molecule has 0 amide bonds. The van der Waals surface area contributed by atoms with Crippen molar-refractivity contribution in [2.75, 3.05) is 7.11 Å². The van der Waals surface area contributed by atoms with E-state index in [0.717, 1.165) is 0 Å². The Kier molecular flexibility index (Phi) is 6.11. The molecule has 1 heterocycles. The summed E-state index contributed by atoms with van der Waals surface area (Å²) in [5.74, 6) is -0.981. The Labute approximate surface area is 148 Å². The quantitative estimate of drug-likeness (QED) is 0.716. The van der Waals surface area contributed by atoms with Crippen LogP contribution in [0.1, 0.15) is 23.0 Å². The summed E-state index contributed by atoms with van der Waals surface area (Å²) in [7, 11) is 1.23. The van der Waals surface area contributed by atoms with Crippen molar-refractivity contribution in [2.24, 2.45) is 0 Å². The summed E-state index contributed by atoms with van der Waals surface area (Å²) in [5, 5.41) is 0.739. The third kappa shape index (κ3) is 4.43. The molecule has 0 radical (unpaired) electrons. The highest BCUT2D eigenvalue weighted by Gasteiger charge is 2.21. The number of furan rings is 1. The van der Waals surface area contributed by atoms with Crippen molar-refractivity contribution in [2.45, 2.75) is 19.6 Å². The maximum absolute atomic E-state index is 12.0. The molecule has 6 nitrogen and oxygen atoms in total. The van der Waals surface area contributed by atoms with E-state index >= 15 is 0 Å². The van der Waals surface area contributed by atoms with Gasteiger partial charge in [0.2, 0.25) is 5.76 Å². The first-order valence-corrected chi connectivity index (χ1v) is 7.61. The molecule has 24 heavy (non-hydrogen) atoms. The number of carbonyl (C=O) groups is 2. The van der Waals surface area contributed by atoms with Gasteiger partial charge in [-0.15, -0.1) is 0 Å². The number of halogens is 2. The molecule has 0 N–H and O–H groups in total. The molecular formula is C16H14Cl2O6. The Morgan fingerprint density at radius 2 is 2.00 bits per heavy atom. The summed E-state index contributed by atoms with van der Waals surface area (Å²) in [6.45, 7) is 1.37. The van der Waals surface area contributed by atoms with E-state index in [-0.39, 0.29) is 17.4 Å². The van der Waals surface area contributed by atoms with Crippen LogP contribution in [0.2, 0.25) is 10.0 Å². The lowest BCUT2D eigenvalue weighted by atomic mass is 10.2. The molecule has 0 saturated heterocycles. The molecular weight excluding hydrogens is 359 g/mol. The van der Waals surface area contributed by atoms with Crippen LogP contribution in [0, 0.1) is 0 Å². The highest BCUT2D eigenvalue weighted by Crippen LogP contribution is 2.28. The fraction of sp³-hybridized carbons (Fsp3) is 0.250. The van der Waals surface area contributed by atoms with E-state index in [1.54, 1.807) is 12.1 Å². The normalized spacial score (nSPS) is 11.7. The minimum atomic E-state index is -0.905. The van der Waals surface area contributed by atoms with Crippen LogP contribution in [0.25, 0.3) is 0 Å². The van der Waals surface area contributed by atoms with Gasteiger partial charge in [-0.25, -0.2) is 9.59 Å². The van der Waals surface area contributed by atoms with E-state index < -0.39 is 18.0 Å². The average Bonchev–Trinajstić information content (AvgIpc) is 3.02. The lowest BCUT2D eigenvalue weighted by Gasteiger charge is -2.15. The number of methoxy groups -OCH3 is 1. The summed E-state index contributed by atoms with van der Waals surface area (Å²) < 4.78 is 20.1. The van der Waals surface area contributed by atoms with E-state index in [9.17, 15) is 9.59 Å². The molecule has 0 aliphatic rings. The molecule has 0 aliphatic heterocycles. The number of hydrogen-bond donors (Lipinski definition) is 0. The molecule has 1 aromatic carbocycles. The first kappa shape index (κ1) is 18.2. The topological polar surface area (TPSA) is 75.0 Å². The molecule has 1 atom stereocenters. The predicted molar refractivity (Wildman–Crippen MR) is 86.4 cm³/mol. The maximum Gasteiger partial charge on any atom is 0.374 e. The van der Waals surface area contributed by atoms with Gasteiger partial charge in [0.25, 0.3) is 0 Å². The van der Waals surface area contributed by atoms with Gasteiger partial charge in [0, 0.05) is 10.6 Å². The van der Waals surface area contributed by atoms with Gasteiger partial charge in [-0.1, -0.05) is 23.2 Å². The van der Waals surface area contributed by atoms with Crippen molar-refractivity contribution in [1.82, 2.24) is 0 Å². The van der Waals surface area contributed by atoms with Crippen LogP contribution in [-0.2, 0) is 20.9 Å². The Morgan fingerprint density at radius 3 is 2.67 bits per heavy atom. The third-order valence-corrected chi connectivity index (χ3v) is 3.55. The largest absolute Gasteiger partial charge is 0.477 e. The van der Waals surface area contributed by atoms with Crippen molar-refractivity contribution in [1.29, 1.82) is 0 Å². The molecule has 0 spiro atoms. The molecule has 1 aromatic heterocycles. The fourth-order valence-corrected chi connectivity index (χ4v) is 2.25. The zero-order chi connectivity index (χ0) is 17.7. The summed E-state index contributed by atoms with van der Waals surface area (Å²) in [6, 6.07) is 6.17. The van der Waals surface area contributed by atoms with Crippen molar-refractivity contribution in [3.63, 3.8) is 0 Å². The predicted octanol–water partition coefficient (Wildman–Crippen LogP) is 3.88. The second-order valence-electron chi connectivity index (χ2n) is 4.71. The van der Waals surface area contributed by atoms with Gasteiger partial charge in [-0.3, -0.25) is 0 Å². The number of rotatable bonds is 6. The monoisotopic (exact) mass is 372 g/mol. The smallest absolute Gasteiger partial charge is 0.374 e. The molecule has 0 bridgehead atoms. The van der Waals surface area contributed by atoms with Crippen molar-refractivity contribution >= 4 is 35.1 Å². The standard InChI is InChI=1S/C16H14Cl2O6/c1-9(24-13-4-3-11(17)7-12(13)18)15(19)23-8-10-5-6-22-14(10)16(20)21-2/h3-7,9H,8H2,1-2H3. The van der Waals surface area contributed by atoms with Crippen LogP contribution in [0.3, 0.4) is 0 Å². The number of carbonyl (C=O) groups excluding carboxylic acids is 2. The minimum absolute atomic E-state index is 0.0142. The van der Waals surface area contributed by atoms with Crippen LogP contribution < -0.4 is 4.74 Å². The van der Waals surface area contributed by atoms with Gasteiger partial charge in [0.1, 0.15) is 12.4 Å². The number of esters is 2. The first-order chi connectivity index (χ1) is 11.4. The average molecular weight is 373 g/mol. The summed E-state index contributed by atoms with van der Waals surface area (Å²) in [4.78, 5) is 23.5. The van der Waals surface area contributed by atoms with E-state index in [1.807, 2.05) is 0 Å². The summed E-state index contributed by atoms with van der Waals surface area (Å²) in [5.41, 5.74) is 0.395. The van der Waals surface area contributed by atoms with Crippen LogP contribution >= 0.6 is 23.2 Å². The van der Waals surface area contributed by atoms with E-state index in [2.05, 4.69) is 4.74 Å². The second-order valence-corrected chi connectivity index (χ2v) is 5.55. The lowest BCUT2D eigenvalue weighted by Crippen LogP contribution is -2.26. The number of ether oxygens (including phenoxy) is 3. The first-order valence-electron chi connectivity index (χ1n) is 6.85. The van der Waals surface area contributed by atoms with E-state index in [0.29, 0.717) is 16.3 Å². The van der Waals surface area contributed by atoms with Gasteiger partial charge in [-0.2, -0.15) is 0 Å². The van der Waals surface area contributed by atoms with Crippen molar-refractivity contribution < 1.29 is 28.2 Å². The molecule has 8 heteroatoms. The van der Waals surface area contributed by atoms with Crippen molar-refractivity contribution in [3.05, 3.63) is 51.9 Å². The Bertz CT molecular complexity index is 740. The van der Waals surface area contributed by atoms with Crippen LogP contribution in [-0.4, -0.2) is 25.2 Å². The van der Waals surface area contributed by atoms with Gasteiger partial charge < -0.3 is 18.6 Å². The molecule has 2 aromatic rings. The Balaban J connectivity index is 1.95. The SMILES string of the molecule is COC(=O)c1occc1COC(=O)C(C)Oc1ccc(Cl)cc1Cl. The molecule has 2 rings (SSSR count). The molecule has 0 aliphatic carbocycles. The van der Waals surface area contributed by atoms with E-state index in [1.165, 1.54) is 32.4 Å². The van der Waals surface area contributed by atoms with Crippen molar-refractivity contribution in [3.8, 4) is 5.75 Å². The van der Waals surface area contributed by atoms with Gasteiger partial charge in [0.15, 0.2) is 6.10 Å². The number of benzene rings is 1. The van der Waals surface area contributed by atoms with Gasteiger partial charge >= 0.3 is 11.9 Å². The minimum Gasteiger partial charge on any atom is -0.477 e. The second kappa shape index (κ2) is 8.08. The zero-order valence-corrected chi connectivity index (χ0v) is 14.4. The number of hydrogen-bond acceptors (Lipinski definition) is 6. The van der Waals surface area contributed by atoms with Gasteiger partial charge in [-0.05, 0) is 31.2 Å². The van der Waals surface area contributed by atoms with Crippen LogP contribution in [0.4, 0.5) is 0 Å². The van der Waals surface area contributed by atoms with Crippen LogP contribution in [0.5, 0.6) is 5.75 Å². The third-order valence-electron chi connectivity index (χ3n) is 3.02. The molecule has 0 saturated carbocycles. The lowest BCUT2D eigenvalue weighted by molar-refractivity contribution is -0.152. The molecule has 0 fully saturated rings. The van der Waals surface area contributed by atoms with E-state index in [4.69, 9.17) is 37.1 Å². The molecule has 1 unspecified atom stereocenters. The molecule has 128 valence electrons. The fourth-order valence-electron chi connectivity index (χ4n) is 1.80. The summed E-state index contributed by atoms with van der Waals surface area (Å²) >= 11 is 11.8. The Morgan fingerprint density at radius 1 is 1.25 bits per heavy atom. The maximum atomic E-state index is 12.0. The summed E-state index contributed by atoms with van der Waals surface area (Å²) in [6.07, 6.45) is 0.403. The Hall–Kier alpha value is -2.18. The zero-order valence-electron chi connectivity index (χ0n) is 12.9.